The summed E-state index contributed by atoms with van der Waals surface area (Å²) in [5.41, 5.74) is -1.45. The van der Waals surface area contributed by atoms with Gasteiger partial charge in [0.1, 0.15) is 6.61 Å². The predicted molar refractivity (Wildman–Crippen MR) is 118 cm³/mol. The van der Waals surface area contributed by atoms with Crippen molar-refractivity contribution in [1.82, 2.24) is 4.98 Å². The van der Waals surface area contributed by atoms with Crippen LogP contribution in [0.15, 0.2) is 65.5 Å². The van der Waals surface area contributed by atoms with Gasteiger partial charge in [0, 0.05) is 28.4 Å². The molecule has 0 saturated carbocycles. The number of aromatic amines is 1. The number of esters is 1. The van der Waals surface area contributed by atoms with Crippen LogP contribution in [0.3, 0.4) is 0 Å². The minimum atomic E-state index is -4.61. The van der Waals surface area contributed by atoms with Crippen molar-refractivity contribution in [2.75, 3.05) is 18.1 Å². The van der Waals surface area contributed by atoms with E-state index in [1.807, 2.05) is 0 Å². The molecule has 9 nitrogen and oxygen atoms in total. The number of hydrogen-bond acceptors (Lipinski definition) is 7. The van der Waals surface area contributed by atoms with Crippen molar-refractivity contribution in [2.45, 2.75) is 12.3 Å². The van der Waals surface area contributed by atoms with Crippen molar-refractivity contribution in [3.8, 4) is 11.3 Å². The van der Waals surface area contributed by atoms with E-state index < -0.39 is 41.4 Å². The number of aliphatic carboxylic acids is 1. The van der Waals surface area contributed by atoms with Crippen LogP contribution in [0.1, 0.15) is 5.56 Å². The Hall–Kier alpha value is -3.61. The van der Waals surface area contributed by atoms with Crippen molar-refractivity contribution < 1.29 is 71.7 Å². The zero-order valence-corrected chi connectivity index (χ0v) is 21.2. The average molecular weight is 524 g/mol. The molecule has 1 aliphatic rings. The Morgan fingerprint density at radius 2 is 1.86 bits per heavy atom. The number of halogens is 3. The van der Waals surface area contributed by atoms with E-state index in [0.717, 1.165) is 6.07 Å². The largest absolute Gasteiger partial charge is 1.00 e. The molecular formula is C24H16F3N2NaO7. The first-order chi connectivity index (χ1) is 17.0. The van der Waals surface area contributed by atoms with Crippen molar-refractivity contribution in [3.05, 3.63) is 76.6 Å². The summed E-state index contributed by atoms with van der Waals surface area (Å²) in [5.74, 6) is -2.54. The van der Waals surface area contributed by atoms with Gasteiger partial charge >= 0.3 is 47.8 Å². The Balaban J connectivity index is 0.00000380. The van der Waals surface area contributed by atoms with Crippen molar-refractivity contribution in [3.63, 3.8) is 0 Å². The number of alkyl halides is 3. The van der Waals surface area contributed by atoms with Crippen LogP contribution >= 0.6 is 0 Å². The molecule has 0 spiro atoms. The molecule has 1 aromatic heterocycles. The van der Waals surface area contributed by atoms with Gasteiger partial charge in [0.05, 0.1) is 18.1 Å². The third kappa shape index (κ3) is 6.40. The van der Waals surface area contributed by atoms with Crippen LogP contribution in [-0.4, -0.2) is 42.3 Å². The van der Waals surface area contributed by atoms with Gasteiger partial charge in [-0.1, -0.05) is 24.3 Å². The zero-order chi connectivity index (χ0) is 26.0. The van der Waals surface area contributed by atoms with E-state index in [1.165, 1.54) is 47.4 Å². The zero-order valence-electron chi connectivity index (χ0n) is 19.2. The van der Waals surface area contributed by atoms with Crippen LogP contribution in [0.2, 0.25) is 0 Å². The molecule has 1 fully saturated rings. The Kier molecular flexibility index (Phi) is 8.46. The summed E-state index contributed by atoms with van der Waals surface area (Å²) in [4.78, 5) is 50.5. The summed E-state index contributed by atoms with van der Waals surface area (Å²) < 4.78 is 50.2. The van der Waals surface area contributed by atoms with Gasteiger partial charge in [-0.25, -0.2) is 9.59 Å². The van der Waals surface area contributed by atoms with E-state index in [1.54, 1.807) is 0 Å². The van der Waals surface area contributed by atoms with Gasteiger partial charge in [0.15, 0.2) is 6.10 Å². The molecular weight excluding hydrogens is 508 g/mol. The number of carboxylic acid groups (broad SMARTS) is 1. The van der Waals surface area contributed by atoms with Crippen LogP contribution in [0, 0.1) is 0 Å². The fraction of sp³-hybridized carbons (Fsp3) is 0.167. The number of rotatable bonds is 6. The summed E-state index contributed by atoms with van der Waals surface area (Å²) in [7, 11) is 0. The SMILES string of the molecule is O=C([O-])/C=C\C(=O)OC[C@H]1CN(c2ccc3cc(-c4ccccc4C(F)(F)F)[nH]c(=O)c3c2)C(=O)O1.[Na+]. The standard InChI is InChI=1S/C24H17F3N2O7.Na/c25-24(26,27)18-4-2-1-3-16(18)19-9-13-5-6-14(10-17(13)22(33)28-19)29-11-15(36-23(29)34)12-35-21(32)8-7-20(30)31;/h1-10,15H,11-12H2,(H,28,33)(H,30,31);/q;+1/p-1/b8-7-;/t15-;/m1./s1. The second kappa shape index (κ2) is 11.2. The molecule has 13 heteroatoms. The number of ether oxygens (including phenoxy) is 2. The van der Waals surface area contributed by atoms with E-state index >= 15 is 0 Å². The van der Waals surface area contributed by atoms with E-state index in [9.17, 15) is 37.5 Å². The fourth-order valence-corrected chi connectivity index (χ4v) is 3.70. The van der Waals surface area contributed by atoms with Crippen molar-refractivity contribution in [1.29, 1.82) is 0 Å². The normalized spacial score (nSPS) is 15.5. The maximum absolute atomic E-state index is 13.4. The summed E-state index contributed by atoms with van der Waals surface area (Å²) in [6.45, 7) is -0.370. The molecule has 0 bridgehead atoms. The molecule has 186 valence electrons. The number of fused-ring (bicyclic) bond motifs is 1. The second-order valence-electron chi connectivity index (χ2n) is 7.73. The van der Waals surface area contributed by atoms with E-state index in [4.69, 9.17) is 9.47 Å². The van der Waals surface area contributed by atoms with Crippen LogP contribution in [-0.2, 0) is 25.2 Å². The quantitative estimate of drug-likeness (QED) is 0.259. The maximum atomic E-state index is 13.4. The number of nitrogens with zero attached hydrogens (tertiary/aromatic N) is 1. The van der Waals surface area contributed by atoms with Crippen LogP contribution in [0.25, 0.3) is 22.0 Å². The third-order valence-electron chi connectivity index (χ3n) is 5.30. The molecule has 1 N–H and O–H groups in total. The monoisotopic (exact) mass is 524 g/mol. The predicted octanol–water partition coefficient (Wildman–Crippen LogP) is -0.608. The Morgan fingerprint density at radius 3 is 2.57 bits per heavy atom. The molecule has 1 aliphatic heterocycles. The number of nitrogens with one attached hydrogen (secondary N) is 1. The first-order valence-electron chi connectivity index (χ1n) is 10.4. The number of anilines is 1. The molecule has 0 aliphatic carbocycles. The van der Waals surface area contributed by atoms with E-state index in [-0.39, 0.29) is 65.0 Å². The number of amides is 1. The van der Waals surface area contributed by atoms with Gasteiger partial charge in [-0.2, -0.15) is 13.2 Å². The molecule has 0 radical (unpaired) electrons. The number of H-pyrrole nitrogens is 1. The summed E-state index contributed by atoms with van der Waals surface area (Å²) >= 11 is 0. The minimum Gasteiger partial charge on any atom is -0.545 e. The molecule has 37 heavy (non-hydrogen) atoms. The Labute approximate surface area is 228 Å². The maximum Gasteiger partial charge on any atom is 1.00 e. The van der Waals surface area contributed by atoms with Gasteiger partial charge in [0.2, 0.25) is 0 Å². The van der Waals surface area contributed by atoms with Gasteiger partial charge in [-0.3, -0.25) is 9.69 Å². The minimum absolute atomic E-state index is 0. The molecule has 0 unspecified atom stereocenters. The smallest absolute Gasteiger partial charge is 0.545 e. The molecule has 2 aromatic carbocycles. The summed E-state index contributed by atoms with van der Waals surface area (Å²) in [6, 6.07) is 10.7. The number of carbonyl (C=O) groups is 3. The van der Waals surface area contributed by atoms with Crippen molar-refractivity contribution in [2.24, 2.45) is 0 Å². The molecule has 3 aromatic rings. The van der Waals surface area contributed by atoms with Gasteiger partial charge in [0.25, 0.3) is 5.56 Å². The van der Waals surface area contributed by atoms with E-state index in [2.05, 4.69) is 4.98 Å². The number of carboxylic acids is 1. The van der Waals surface area contributed by atoms with E-state index in [0.29, 0.717) is 17.5 Å². The van der Waals surface area contributed by atoms with Crippen LogP contribution in [0.5, 0.6) is 0 Å². The molecule has 1 saturated heterocycles. The van der Waals surface area contributed by atoms with Gasteiger partial charge < -0.3 is 24.4 Å². The average Bonchev–Trinajstić information content (AvgIpc) is 3.21. The van der Waals surface area contributed by atoms with Crippen molar-refractivity contribution >= 4 is 34.5 Å². The Morgan fingerprint density at radius 1 is 1.14 bits per heavy atom. The fourth-order valence-electron chi connectivity index (χ4n) is 3.70. The molecule has 1 amide bonds. The van der Waals surface area contributed by atoms with Crippen LogP contribution < -0.4 is 45.1 Å². The number of cyclic esters (lactones) is 1. The number of carbonyl (C=O) groups excluding carboxylic acids is 3. The molecule has 4 rings (SSSR count). The third-order valence-corrected chi connectivity index (χ3v) is 5.30. The molecule has 1 atom stereocenters. The summed E-state index contributed by atoms with van der Waals surface area (Å²) in [6.07, 6.45) is -5.09. The Bertz CT molecular complexity index is 1450. The number of hydrogen-bond donors (Lipinski definition) is 1. The second-order valence-corrected chi connectivity index (χ2v) is 7.73. The number of pyridine rings is 1. The first-order valence-corrected chi connectivity index (χ1v) is 10.4. The number of aromatic nitrogens is 1. The topological polar surface area (TPSA) is 129 Å². The molecule has 2 heterocycles. The summed E-state index contributed by atoms with van der Waals surface area (Å²) in [5, 5.41) is 10.8. The van der Waals surface area contributed by atoms with Crippen LogP contribution in [0.4, 0.5) is 23.7 Å². The van der Waals surface area contributed by atoms with Gasteiger partial charge in [-0.05, 0) is 35.7 Å². The van der Waals surface area contributed by atoms with Gasteiger partial charge in [-0.15, -0.1) is 0 Å². The first kappa shape index (κ1) is 28.0. The number of benzene rings is 2.